The Balaban J connectivity index is 2.03. The molecule has 0 aliphatic carbocycles. The number of fused-ring (bicyclic) bond motifs is 1. The van der Waals surface area contributed by atoms with Gasteiger partial charge in [0.1, 0.15) is 5.75 Å². The molecule has 0 aliphatic rings. The van der Waals surface area contributed by atoms with Crippen molar-refractivity contribution in [1.82, 2.24) is 9.55 Å². The zero-order chi connectivity index (χ0) is 18.9. The Hall–Kier alpha value is -2.29. The average molecular weight is 388 g/mol. The number of nitrogens with zero attached hydrogens (tertiary/aromatic N) is 2. The second-order valence-corrected chi connectivity index (χ2v) is 6.40. The minimum Gasteiger partial charge on any atom is -0.496 e. The van der Waals surface area contributed by atoms with Crippen molar-refractivity contribution in [3.63, 3.8) is 0 Å². The summed E-state index contributed by atoms with van der Waals surface area (Å²) >= 11 is 0.319. The van der Waals surface area contributed by atoms with E-state index >= 15 is 0 Å². The third kappa shape index (κ3) is 3.77. The van der Waals surface area contributed by atoms with Gasteiger partial charge in [-0.1, -0.05) is 30.0 Å². The molecule has 2 aromatic carbocycles. The first kappa shape index (κ1) is 18.5. The zero-order valence-electron chi connectivity index (χ0n) is 13.4. The number of thioether (sulfide) groups is 1. The van der Waals surface area contributed by atoms with Crippen molar-refractivity contribution in [3.05, 3.63) is 53.9 Å². The maximum atomic E-state index is 13.3. The number of hydrogen-bond acceptors (Lipinski definition) is 3. The van der Waals surface area contributed by atoms with Crippen LogP contribution < -0.4 is 4.74 Å². The summed E-state index contributed by atoms with van der Waals surface area (Å²) in [5.74, 6) is -3.45. The predicted octanol–water partition coefficient (Wildman–Crippen LogP) is 5.43. The lowest BCUT2D eigenvalue weighted by molar-refractivity contribution is -0.146. The first-order chi connectivity index (χ1) is 12.3. The lowest BCUT2D eigenvalue weighted by Gasteiger charge is -2.14. The van der Waals surface area contributed by atoms with Gasteiger partial charge in [-0.05, 0) is 29.8 Å². The zero-order valence-corrected chi connectivity index (χ0v) is 14.2. The number of imidazole rings is 1. The largest absolute Gasteiger partial charge is 0.496 e. The van der Waals surface area contributed by atoms with Gasteiger partial charge in [0.2, 0.25) is 5.82 Å². The van der Waals surface area contributed by atoms with E-state index in [0.717, 1.165) is 4.57 Å². The molecule has 0 unspecified atom stereocenters. The first-order valence-electron chi connectivity index (χ1n) is 7.44. The molecule has 0 aliphatic heterocycles. The molecular formula is C17H13F5N2OS. The van der Waals surface area contributed by atoms with Gasteiger partial charge in [0.05, 0.1) is 23.0 Å². The van der Waals surface area contributed by atoms with Crippen molar-refractivity contribution in [1.29, 1.82) is 0 Å². The van der Waals surface area contributed by atoms with Gasteiger partial charge < -0.3 is 9.30 Å². The van der Waals surface area contributed by atoms with E-state index in [2.05, 4.69) is 4.98 Å². The molecule has 3 nitrogen and oxygen atoms in total. The van der Waals surface area contributed by atoms with Crippen molar-refractivity contribution in [3.8, 4) is 5.75 Å². The summed E-state index contributed by atoms with van der Waals surface area (Å²) < 4.78 is 71.3. The fourth-order valence-corrected chi connectivity index (χ4v) is 3.24. The van der Waals surface area contributed by atoms with Crippen molar-refractivity contribution in [2.24, 2.45) is 0 Å². The Labute approximate surface area is 149 Å². The lowest BCUT2D eigenvalue weighted by atomic mass is 10.2. The summed E-state index contributed by atoms with van der Waals surface area (Å²) in [4.78, 5) is 3.90. The molecule has 0 saturated heterocycles. The highest BCUT2D eigenvalue weighted by Gasteiger charge is 2.37. The van der Waals surface area contributed by atoms with Crippen molar-refractivity contribution in [2.75, 3.05) is 7.11 Å². The Morgan fingerprint density at radius 2 is 1.88 bits per heavy atom. The van der Waals surface area contributed by atoms with Crippen LogP contribution in [0, 0.1) is 0 Å². The molecule has 0 radical (unpaired) electrons. The van der Waals surface area contributed by atoms with Gasteiger partial charge in [0.25, 0.3) is 5.76 Å². The summed E-state index contributed by atoms with van der Waals surface area (Å²) in [5.41, 5.74) is 1.05. The summed E-state index contributed by atoms with van der Waals surface area (Å²) in [7, 11) is 1.32. The maximum absolute atomic E-state index is 13.3. The molecule has 0 amide bonds. The smallest absolute Gasteiger partial charge is 0.449 e. The topological polar surface area (TPSA) is 27.1 Å². The molecule has 1 aromatic heterocycles. The van der Waals surface area contributed by atoms with Crippen LogP contribution >= 0.6 is 11.8 Å². The highest BCUT2D eigenvalue weighted by molar-refractivity contribution is 7.99. The van der Waals surface area contributed by atoms with Crippen LogP contribution in [0.25, 0.3) is 11.0 Å². The number of methoxy groups -OCH3 is 1. The highest BCUT2D eigenvalue weighted by Crippen LogP contribution is 2.35. The van der Waals surface area contributed by atoms with Gasteiger partial charge in [0, 0.05) is 6.54 Å². The number of ether oxygens (including phenoxy) is 1. The normalized spacial score (nSPS) is 12.1. The third-order valence-corrected chi connectivity index (χ3v) is 4.46. The molecular weight excluding hydrogens is 375 g/mol. The molecule has 138 valence electrons. The second kappa shape index (κ2) is 7.14. The quantitative estimate of drug-likeness (QED) is 0.431. The number of hydrogen-bond donors (Lipinski definition) is 0. The molecule has 0 fully saturated rings. The van der Waals surface area contributed by atoms with Crippen molar-refractivity contribution in [2.45, 2.75) is 23.4 Å². The van der Waals surface area contributed by atoms with Gasteiger partial charge in [0.15, 0.2) is 0 Å². The monoisotopic (exact) mass is 388 g/mol. The van der Waals surface area contributed by atoms with E-state index in [-0.39, 0.29) is 22.7 Å². The predicted molar refractivity (Wildman–Crippen MR) is 88.7 cm³/mol. The summed E-state index contributed by atoms with van der Waals surface area (Å²) in [6, 6.07) is 10.7. The molecule has 0 saturated carbocycles. The van der Waals surface area contributed by atoms with E-state index in [1.807, 2.05) is 0 Å². The molecule has 26 heavy (non-hydrogen) atoms. The molecule has 0 N–H and O–H groups in total. The number of aromatic nitrogens is 2. The summed E-state index contributed by atoms with van der Waals surface area (Å²) in [6.45, 7) is -0.120. The van der Waals surface area contributed by atoms with E-state index in [1.165, 1.54) is 31.4 Å². The third-order valence-electron chi connectivity index (χ3n) is 3.69. The maximum Gasteiger partial charge on any atom is 0.449 e. The molecule has 9 heteroatoms. The van der Waals surface area contributed by atoms with Crippen LogP contribution in [-0.4, -0.2) is 22.4 Å². The summed E-state index contributed by atoms with van der Waals surface area (Å²) in [6.07, 6.45) is -4.62. The van der Waals surface area contributed by atoms with Crippen molar-refractivity contribution >= 4 is 22.8 Å². The fourth-order valence-electron chi connectivity index (χ4n) is 2.64. The van der Waals surface area contributed by atoms with Crippen LogP contribution in [0.5, 0.6) is 5.75 Å². The Morgan fingerprint density at radius 1 is 1.15 bits per heavy atom. The van der Waals surface area contributed by atoms with E-state index in [9.17, 15) is 22.0 Å². The van der Waals surface area contributed by atoms with Gasteiger partial charge in [-0.15, -0.1) is 0 Å². The minimum absolute atomic E-state index is 0.120. The van der Waals surface area contributed by atoms with Crippen LogP contribution in [0.1, 0.15) is 11.4 Å². The van der Waals surface area contributed by atoms with Crippen LogP contribution in [-0.2, 0) is 12.7 Å². The van der Waals surface area contributed by atoms with E-state index in [1.54, 1.807) is 18.2 Å². The van der Waals surface area contributed by atoms with Crippen LogP contribution in [0.2, 0.25) is 0 Å². The number of rotatable bonds is 5. The lowest BCUT2D eigenvalue weighted by Crippen LogP contribution is -2.15. The highest BCUT2D eigenvalue weighted by atomic mass is 32.2. The standard InChI is InChI=1S/C17H13F5N2OS/c1-25-13-8-10(6-7-14(13)26-16(18)19)9-24-12-5-3-2-4-11(12)23-15(24)17(20,21)22/h2-8,16H,9H2,1H3. The number of alkyl halides is 5. The Bertz CT molecular complexity index is 923. The Morgan fingerprint density at radius 3 is 2.54 bits per heavy atom. The van der Waals surface area contributed by atoms with E-state index in [0.29, 0.717) is 22.8 Å². The van der Waals surface area contributed by atoms with Crippen LogP contribution in [0.15, 0.2) is 47.4 Å². The van der Waals surface area contributed by atoms with Crippen LogP contribution in [0.4, 0.5) is 22.0 Å². The molecule has 0 atom stereocenters. The van der Waals surface area contributed by atoms with Gasteiger partial charge >= 0.3 is 6.18 Å². The van der Waals surface area contributed by atoms with E-state index < -0.39 is 17.8 Å². The second-order valence-electron chi connectivity index (χ2n) is 5.37. The summed E-state index contributed by atoms with van der Waals surface area (Å²) in [5, 5.41) is 0. The number of benzene rings is 2. The molecule has 3 rings (SSSR count). The first-order valence-corrected chi connectivity index (χ1v) is 8.31. The molecule has 3 aromatic rings. The molecule has 0 bridgehead atoms. The van der Waals surface area contributed by atoms with Gasteiger partial charge in [-0.2, -0.15) is 22.0 Å². The molecule has 0 spiro atoms. The van der Waals surface area contributed by atoms with Gasteiger partial charge in [-0.3, -0.25) is 0 Å². The molecule has 1 heterocycles. The number of para-hydroxylation sites is 2. The number of halogens is 5. The fraction of sp³-hybridized carbons (Fsp3) is 0.235. The van der Waals surface area contributed by atoms with E-state index in [4.69, 9.17) is 4.74 Å². The average Bonchev–Trinajstić information content (AvgIpc) is 2.95. The SMILES string of the molecule is COc1cc(Cn2c(C(F)(F)F)nc3ccccc32)ccc1SC(F)F. The van der Waals surface area contributed by atoms with Crippen molar-refractivity contribution < 1.29 is 26.7 Å². The minimum atomic E-state index is -4.62. The van der Waals surface area contributed by atoms with Gasteiger partial charge in [-0.25, -0.2) is 4.98 Å². The van der Waals surface area contributed by atoms with Crippen LogP contribution in [0.3, 0.4) is 0 Å². The Kier molecular flexibility index (Phi) is 5.08.